The summed E-state index contributed by atoms with van der Waals surface area (Å²) < 4.78 is 5.79. The first-order valence-corrected chi connectivity index (χ1v) is 7.96. The average molecular weight is 252 g/mol. The summed E-state index contributed by atoms with van der Waals surface area (Å²) in [6.07, 6.45) is 8.69. The normalized spacial score (nSPS) is 36.0. The molecule has 0 radical (unpaired) electrons. The van der Waals surface area contributed by atoms with Crippen LogP contribution in [0.15, 0.2) is 0 Å². The van der Waals surface area contributed by atoms with Gasteiger partial charge in [-0.25, -0.2) is 0 Å². The van der Waals surface area contributed by atoms with Crippen LogP contribution >= 0.6 is 0 Å². The van der Waals surface area contributed by atoms with E-state index in [4.69, 9.17) is 4.74 Å². The fraction of sp³-hybridized carbons (Fsp3) is 1.00. The molecule has 3 heteroatoms. The van der Waals surface area contributed by atoms with Crippen LogP contribution in [0.25, 0.3) is 0 Å². The lowest BCUT2D eigenvalue weighted by Gasteiger charge is -2.45. The molecular weight excluding hydrogens is 224 g/mol. The number of ether oxygens (including phenoxy) is 1. The maximum atomic E-state index is 5.79. The zero-order chi connectivity index (χ0) is 12.4. The van der Waals surface area contributed by atoms with Gasteiger partial charge in [-0.3, -0.25) is 4.90 Å². The molecule has 2 saturated carbocycles. The maximum Gasteiger partial charge on any atom is 0.0702 e. The third kappa shape index (κ3) is 3.06. The third-order valence-corrected chi connectivity index (χ3v) is 4.96. The first-order valence-electron chi connectivity index (χ1n) is 7.96. The second-order valence-electron chi connectivity index (χ2n) is 6.31. The molecule has 1 N–H and O–H groups in total. The Bertz CT molecular complexity index is 261. The monoisotopic (exact) mass is 252 g/mol. The molecule has 3 atom stereocenters. The predicted molar refractivity (Wildman–Crippen MR) is 73.8 cm³/mol. The van der Waals surface area contributed by atoms with Gasteiger partial charge in [0.05, 0.1) is 6.10 Å². The van der Waals surface area contributed by atoms with Crippen LogP contribution < -0.4 is 5.32 Å². The van der Waals surface area contributed by atoms with E-state index in [1.54, 1.807) is 0 Å². The van der Waals surface area contributed by atoms with Crippen molar-refractivity contribution in [2.75, 3.05) is 26.2 Å². The highest BCUT2D eigenvalue weighted by atomic mass is 16.5. The van der Waals surface area contributed by atoms with Crippen LogP contribution in [0.3, 0.4) is 0 Å². The molecule has 18 heavy (non-hydrogen) atoms. The molecule has 1 saturated heterocycles. The topological polar surface area (TPSA) is 24.5 Å². The van der Waals surface area contributed by atoms with Crippen molar-refractivity contribution in [3.05, 3.63) is 0 Å². The summed E-state index contributed by atoms with van der Waals surface area (Å²) >= 11 is 0. The number of nitrogens with zero attached hydrogens (tertiary/aromatic N) is 1. The van der Waals surface area contributed by atoms with E-state index >= 15 is 0 Å². The molecule has 3 unspecified atom stereocenters. The lowest BCUT2D eigenvalue weighted by Crippen LogP contribution is -2.52. The van der Waals surface area contributed by atoms with Crippen LogP contribution in [0, 0.1) is 5.92 Å². The molecule has 2 aliphatic carbocycles. The van der Waals surface area contributed by atoms with Gasteiger partial charge >= 0.3 is 0 Å². The van der Waals surface area contributed by atoms with Crippen LogP contribution in [0.4, 0.5) is 0 Å². The number of hydrogen-bond donors (Lipinski definition) is 1. The molecule has 3 aliphatic rings. The molecule has 1 heterocycles. The fourth-order valence-electron chi connectivity index (χ4n) is 3.42. The lowest BCUT2D eigenvalue weighted by molar-refractivity contribution is 0.0137. The van der Waals surface area contributed by atoms with Gasteiger partial charge in [0.25, 0.3) is 0 Å². The van der Waals surface area contributed by atoms with E-state index in [1.807, 2.05) is 0 Å². The molecule has 0 amide bonds. The number of hydrogen-bond acceptors (Lipinski definition) is 3. The van der Waals surface area contributed by atoms with Crippen molar-refractivity contribution in [3.8, 4) is 0 Å². The van der Waals surface area contributed by atoms with Gasteiger partial charge in [0.1, 0.15) is 0 Å². The van der Waals surface area contributed by atoms with Crippen molar-refractivity contribution >= 4 is 0 Å². The largest absolute Gasteiger partial charge is 0.377 e. The number of nitrogens with one attached hydrogen (secondary N) is 1. The Morgan fingerprint density at radius 1 is 1.17 bits per heavy atom. The van der Waals surface area contributed by atoms with Crippen LogP contribution in [0.2, 0.25) is 0 Å². The van der Waals surface area contributed by atoms with Gasteiger partial charge in [-0.05, 0) is 57.5 Å². The average Bonchev–Trinajstić information content (AvgIpc) is 3.02. The Morgan fingerprint density at radius 2 is 2.06 bits per heavy atom. The third-order valence-electron chi connectivity index (χ3n) is 4.96. The highest BCUT2D eigenvalue weighted by Crippen LogP contribution is 2.33. The van der Waals surface area contributed by atoms with E-state index in [-0.39, 0.29) is 0 Å². The van der Waals surface area contributed by atoms with Crippen molar-refractivity contribution in [1.29, 1.82) is 0 Å². The van der Waals surface area contributed by atoms with Gasteiger partial charge in [0.15, 0.2) is 0 Å². The molecule has 104 valence electrons. The zero-order valence-corrected chi connectivity index (χ0v) is 11.7. The molecule has 0 spiro atoms. The molecule has 0 aromatic heterocycles. The summed E-state index contributed by atoms with van der Waals surface area (Å²) in [5.74, 6) is 0.895. The minimum Gasteiger partial charge on any atom is -0.377 e. The summed E-state index contributed by atoms with van der Waals surface area (Å²) in [5, 5.41) is 3.70. The quantitative estimate of drug-likeness (QED) is 0.750. The molecular formula is C15H28N2O. The number of rotatable bonds is 7. The summed E-state index contributed by atoms with van der Waals surface area (Å²) in [7, 11) is 0. The predicted octanol–water partition coefficient (Wildman–Crippen LogP) is 2.02. The zero-order valence-electron chi connectivity index (χ0n) is 11.7. The van der Waals surface area contributed by atoms with Gasteiger partial charge in [-0.2, -0.15) is 0 Å². The van der Waals surface area contributed by atoms with Crippen LogP contribution in [-0.4, -0.2) is 49.3 Å². The smallest absolute Gasteiger partial charge is 0.0702 e. The SMILES string of the molecule is CCN(CC1CCCO1)C1CCC1CNC1CC1. The fourth-order valence-corrected chi connectivity index (χ4v) is 3.42. The van der Waals surface area contributed by atoms with Crippen LogP contribution in [0.5, 0.6) is 0 Å². The Balaban J connectivity index is 1.44. The van der Waals surface area contributed by atoms with Crippen molar-refractivity contribution in [2.45, 2.75) is 63.6 Å². The van der Waals surface area contributed by atoms with Crippen LogP contribution in [0.1, 0.15) is 45.4 Å². The first-order chi connectivity index (χ1) is 8.86. The van der Waals surface area contributed by atoms with Gasteiger partial charge in [0.2, 0.25) is 0 Å². The molecule has 0 aromatic rings. The Morgan fingerprint density at radius 3 is 2.61 bits per heavy atom. The minimum atomic E-state index is 0.516. The Kier molecular flexibility index (Phi) is 4.22. The molecule has 0 bridgehead atoms. The molecule has 1 aliphatic heterocycles. The maximum absolute atomic E-state index is 5.79. The van der Waals surface area contributed by atoms with Crippen molar-refractivity contribution < 1.29 is 4.74 Å². The van der Waals surface area contributed by atoms with E-state index in [0.29, 0.717) is 6.10 Å². The van der Waals surface area contributed by atoms with Crippen LogP contribution in [-0.2, 0) is 4.74 Å². The van der Waals surface area contributed by atoms with E-state index in [2.05, 4.69) is 17.1 Å². The highest BCUT2D eigenvalue weighted by molar-refractivity contribution is 4.93. The van der Waals surface area contributed by atoms with Gasteiger partial charge < -0.3 is 10.1 Å². The summed E-state index contributed by atoms with van der Waals surface area (Å²) in [6.45, 7) is 6.89. The summed E-state index contributed by atoms with van der Waals surface area (Å²) in [4.78, 5) is 2.68. The second kappa shape index (κ2) is 5.89. The first kappa shape index (κ1) is 12.9. The van der Waals surface area contributed by atoms with E-state index in [9.17, 15) is 0 Å². The highest BCUT2D eigenvalue weighted by Gasteiger charge is 2.36. The van der Waals surface area contributed by atoms with Gasteiger partial charge in [0, 0.05) is 25.2 Å². The lowest BCUT2D eigenvalue weighted by atomic mass is 9.78. The molecule has 0 aromatic carbocycles. The van der Waals surface area contributed by atoms with E-state index < -0.39 is 0 Å². The molecule has 3 rings (SSSR count). The molecule has 3 nitrogen and oxygen atoms in total. The Hall–Kier alpha value is -0.120. The van der Waals surface area contributed by atoms with Crippen molar-refractivity contribution in [3.63, 3.8) is 0 Å². The number of likely N-dealkylation sites (N-methyl/N-ethyl adjacent to an activating group) is 1. The van der Waals surface area contributed by atoms with Gasteiger partial charge in [-0.15, -0.1) is 0 Å². The minimum absolute atomic E-state index is 0.516. The Labute approximate surface area is 111 Å². The molecule has 3 fully saturated rings. The van der Waals surface area contributed by atoms with Crippen molar-refractivity contribution in [1.82, 2.24) is 10.2 Å². The summed E-state index contributed by atoms with van der Waals surface area (Å²) in [6, 6.07) is 1.69. The second-order valence-corrected chi connectivity index (χ2v) is 6.31. The van der Waals surface area contributed by atoms with E-state index in [0.717, 1.165) is 24.6 Å². The standard InChI is InChI=1S/C15H28N2O/c1-2-17(11-14-4-3-9-18-14)15-8-5-12(15)10-16-13-6-7-13/h12-16H,2-11H2,1H3. The van der Waals surface area contributed by atoms with E-state index in [1.165, 1.54) is 58.2 Å². The summed E-state index contributed by atoms with van der Waals surface area (Å²) in [5.41, 5.74) is 0. The van der Waals surface area contributed by atoms with Crippen molar-refractivity contribution in [2.24, 2.45) is 5.92 Å². The van der Waals surface area contributed by atoms with Gasteiger partial charge in [-0.1, -0.05) is 6.92 Å².